The van der Waals surface area contributed by atoms with E-state index < -0.39 is 0 Å². The Hall–Kier alpha value is -1.81. The van der Waals surface area contributed by atoms with Gasteiger partial charge in [0, 0.05) is 42.8 Å². The molecule has 1 aromatic carbocycles. The molecule has 0 fully saturated rings. The predicted molar refractivity (Wildman–Crippen MR) is 98.4 cm³/mol. The third kappa shape index (κ3) is 4.58. The van der Waals surface area contributed by atoms with Crippen molar-refractivity contribution in [2.45, 2.75) is 46.2 Å². The average molecular weight is 315 g/mol. The lowest BCUT2D eigenvalue weighted by Crippen LogP contribution is -2.38. The van der Waals surface area contributed by atoms with E-state index >= 15 is 0 Å². The van der Waals surface area contributed by atoms with Crippen molar-refractivity contribution >= 4 is 16.6 Å². The van der Waals surface area contributed by atoms with Crippen molar-refractivity contribution in [1.82, 2.24) is 9.88 Å². The van der Waals surface area contributed by atoms with Crippen molar-refractivity contribution < 1.29 is 4.74 Å². The number of fused-ring (bicyclic) bond motifs is 1. The lowest BCUT2D eigenvalue weighted by Gasteiger charge is -2.30. The van der Waals surface area contributed by atoms with Gasteiger partial charge in [0.1, 0.15) is 5.75 Å². The second kappa shape index (κ2) is 8.16. The zero-order chi connectivity index (χ0) is 16.8. The Balaban J connectivity index is 2.02. The van der Waals surface area contributed by atoms with Crippen LogP contribution in [0, 0.1) is 0 Å². The molecule has 2 aromatic rings. The average Bonchev–Trinajstić information content (AvgIpc) is 2.53. The number of ether oxygens (including phenoxy) is 1. The molecule has 4 heteroatoms. The highest BCUT2D eigenvalue weighted by molar-refractivity contribution is 5.91. The summed E-state index contributed by atoms with van der Waals surface area (Å²) in [5.41, 5.74) is 2.04. The molecule has 0 aliphatic heterocycles. The van der Waals surface area contributed by atoms with E-state index in [0.717, 1.165) is 41.9 Å². The maximum Gasteiger partial charge on any atom is 0.121 e. The van der Waals surface area contributed by atoms with E-state index in [0.29, 0.717) is 12.1 Å². The monoisotopic (exact) mass is 315 g/mol. The number of aromatic nitrogens is 1. The van der Waals surface area contributed by atoms with Crippen LogP contribution in [0.1, 0.15) is 34.1 Å². The highest BCUT2D eigenvalue weighted by Gasteiger charge is 2.12. The van der Waals surface area contributed by atoms with Crippen molar-refractivity contribution in [2.75, 3.05) is 25.5 Å². The van der Waals surface area contributed by atoms with Crippen molar-refractivity contribution in [2.24, 2.45) is 0 Å². The molecule has 0 aliphatic carbocycles. The Morgan fingerprint density at radius 1 is 1.17 bits per heavy atom. The van der Waals surface area contributed by atoms with Crippen molar-refractivity contribution in [3.8, 4) is 5.75 Å². The van der Waals surface area contributed by atoms with Gasteiger partial charge in [0.25, 0.3) is 0 Å². The van der Waals surface area contributed by atoms with Gasteiger partial charge < -0.3 is 10.1 Å². The third-order valence-corrected chi connectivity index (χ3v) is 4.15. The number of nitrogens with zero attached hydrogens (tertiary/aromatic N) is 2. The van der Waals surface area contributed by atoms with Gasteiger partial charge in [-0.2, -0.15) is 0 Å². The van der Waals surface area contributed by atoms with Crippen LogP contribution in [0.15, 0.2) is 30.5 Å². The number of hydrogen-bond acceptors (Lipinski definition) is 4. The molecule has 0 saturated carbocycles. The van der Waals surface area contributed by atoms with Crippen LogP contribution in [-0.4, -0.2) is 42.2 Å². The van der Waals surface area contributed by atoms with Crippen LogP contribution in [0.2, 0.25) is 0 Å². The molecule has 0 atom stereocenters. The van der Waals surface area contributed by atoms with Gasteiger partial charge in [0.2, 0.25) is 0 Å². The normalized spacial score (nSPS) is 11.7. The summed E-state index contributed by atoms with van der Waals surface area (Å²) in [6, 6.07) is 9.22. The Morgan fingerprint density at radius 2 is 1.91 bits per heavy atom. The van der Waals surface area contributed by atoms with Gasteiger partial charge in [0.05, 0.1) is 18.3 Å². The first-order valence-corrected chi connectivity index (χ1v) is 8.45. The van der Waals surface area contributed by atoms with Gasteiger partial charge in [-0.25, -0.2) is 0 Å². The van der Waals surface area contributed by atoms with E-state index in [1.54, 1.807) is 7.11 Å². The molecule has 0 amide bonds. The highest BCUT2D eigenvalue weighted by atomic mass is 16.5. The Labute approximate surface area is 139 Å². The lowest BCUT2D eigenvalue weighted by atomic mass is 10.1. The minimum atomic E-state index is 0.578. The second-order valence-electron chi connectivity index (χ2n) is 6.46. The van der Waals surface area contributed by atoms with E-state index in [9.17, 15) is 0 Å². The van der Waals surface area contributed by atoms with Gasteiger partial charge in [-0.05, 0) is 46.2 Å². The van der Waals surface area contributed by atoms with E-state index in [-0.39, 0.29) is 0 Å². The molecule has 2 rings (SSSR count). The summed E-state index contributed by atoms with van der Waals surface area (Å²) < 4.78 is 5.39. The van der Waals surface area contributed by atoms with Crippen LogP contribution >= 0.6 is 0 Å². The number of anilines is 1. The van der Waals surface area contributed by atoms with Crippen molar-refractivity contribution in [1.29, 1.82) is 0 Å². The molecule has 1 N–H and O–H groups in total. The SMILES string of the molecule is COc1cc(NCCCN(C(C)C)C(C)C)c2ncccc2c1. The summed E-state index contributed by atoms with van der Waals surface area (Å²) in [6.07, 6.45) is 2.93. The van der Waals surface area contributed by atoms with Gasteiger partial charge in [-0.3, -0.25) is 9.88 Å². The first kappa shape index (κ1) is 17.5. The fourth-order valence-corrected chi connectivity index (χ4v) is 3.01. The zero-order valence-corrected chi connectivity index (χ0v) is 15.0. The Morgan fingerprint density at radius 3 is 2.57 bits per heavy atom. The molecule has 0 radical (unpaired) electrons. The molecule has 4 nitrogen and oxygen atoms in total. The first-order chi connectivity index (χ1) is 11.0. The fourth-order valence-electron chi connectivity index (χ4n) is 3.01. The number of nitrogens with one attached hydrogen (secondary N) is 1. The fraction of sp³-hybridized carbons (Fsp3) is 0.526. The van der Waals surface area contributed by atoms with Crippen molar-refractivity contribution in [3.05, 3.63) is 30.5 Å². The third-order valence-electron chi connectivity index (χ3n) is 4.15. The van der Waals surface area contributed by atoms with Gasteiger partial charge in [-0.15, -0.1) is 0 Å². The number of hydrogen-bond donors (Lipinski definition) is 1. The van der Waals surface area contributed by atoms with E-state index in [2.05, 4.69) is 49.0 Å². The molecule has 1 heterocycles. The minimum absolute atomic E-state index is 0.578. The molecule has 23 heavy (non-hydrogen) atoms. The standard InChI is InChI=1S/C19H29N3O/c1-14(2)22(15(3)4)11-7-10-20-18-13-17(23-5)12-16-8-6-9-21-19(16)18/h6,8-9,12-15,20H,7,10-11H2,1-5H3. The van der Waals surface area contributed by atoms with Gasteiger partial charge in [-0.1, -0.05) is 6.07 Å². The number of benzene rings is 1. The van der Waals surface area contributed by atoms with Gasteiger partial charge >= 0.3 is 0 Å². The Bertz CT molecular complexity index is 617. The predicted octanol–water partition coefficient (Wildman–Crippen LogP) is 4.16. The summed E-state index contributed by atoms with van der Waals surface area (Å²) in [7, 11) is 1.70. The molecular formula is C19H29N3O. The van der Waals surface area contributed by atoms with E-state index in [4.69, 9.17) is 4.74 Å². The number of pyridine rings is 1. The van der Waals surface area contributed by atoms with E-state index in [1.165, 1.54) is 0 Å². The quantitative estimate of drug-likeness (QED) is 0.742. The molecule has 126 valence electrons. The van der Waals surface area contributed by atoms with Crippen LogP contribution in [0.25, 0.3) is 10.9 Å². The van der Waals surface area contributed by atoms with Crippen LogP contribution in [-0.2, 0) is 0 Å². The topological polar surface area (TPSA) is 37.4 Å². The maximum atomic E-state index is 5.39. The second-order valence-corrected chi connectivity index (χ2v) is 6.46. The van der Waals surface area contributed by atoms with Crippen LogP contribution in [0.3, 0.4) is 0 Å². The number of methoxy groups -OCH3 is 1. The van der Waals surface area contributed by atoms with Crippen LogP contribution < -0.4 is 10.1 Å². The largest absolute Gasteiger partial charge is 0.497 e. The Kier molecular flexibility index (Phi) is 6.22. The minimum Gasteiger partial charge on any atom is -0.497 e. The lowest BCUT2D eigenvalue weighted by molar-refractivity contribution is 0.174. The zero-order valence-electron chi connectivity index (χ0n) is 15.0. The van der Waals surface area contributed by atoms with Crippen molar-refractivity contribution in [3.63, 3.8) is 0 Å². The molecule has 0 saturated heterocycles. The summed E-state index contributed by atoms with van der Waals surface area (Å²) in [5.74, 6) is 0.860. The smallest absolute Gasteiger partial charge is 0.121 e. The highest BCUT2D eigenvalue weighted by Crippen LogP contribution is 2.27. The van der Waals surface area contributed by atoms with Crippen LogP contribution in [0.5, 0.6) is 5.75 Å². The van der Waals surface area contributed by atoms with E-state index in [1.807, 2.05) is 24.4 Å². The summed E-state index contributed by atoms with van der Waals surface area (Å²) >= 11 is 0. The number of rotatable bonds is 8. The molecule has 0 spiro atoms. The molecule has 1 aromatic heterocycles. The summed E-state index contributed by atoms with van der Waals surface area (Å²) in [6.45, 7) is 11.0. The summed E-state index contributed by atoms with van der Waals surface area (Å²) in [4.78, 5) is 7.02. The molecule has 0 aliphatic rings. The van der Waals surface area contributed by atoms with Gasteiger partial charge in [0.15, 0.2) is 0 Å². The molecular weight excluding hydrogens is 286 g/mol. The van der Waals surface area contributed by atoms with Crippen LogP contribution in [0.4, 0.5) is 5.69 Å². The molecule has 0 bridgehead atoms. The maximum absolute atomic E-state index is 5.39. The summed E-state index contributed by atoms with van der Waals surface area (Å²) in [5, 5.41) is 4.62. The first-order valence-electron chi connectivity index (χ1n) is 8.45. The molecule has 0 unspecified atom stereocenters.